The van der Waals surface area contributed by atoms with Gasteiger partial charge in [-0.3, -0.25) is 0 Å². The van der Waals surface area contributed by atoms with E-state index in [1.807, 2.05) is 13.0 Å². The maximum atomic E-state index is 13.7. The van der Waals surface area contributed by atoms with Crippen molar-refractivity contribution in [3.05, 3.63) is 53.1 Å². The molecule has 0 spiro atoms. The summed E-state index contributed by atoms with van der Waals surface area (Å²) in [7, 11) is 0. The molecule has 0 fully saturated rings. The smallest absolute Gasteiger partial charge is 0.198 e. The van der Waals surface area contributed by atoms with Crippen LogP contribution in [0.5, 0.6) is 11.5 Å². The van der Waals surface area contributed by atoms with Gasteiger partial charge in [0.25, 0.3) is 0 Å². The molecule has 0 bridgehead atoms. The van der Waals surface area contributed by atoms with Crippen molar-refractivity contribution >= 4 is 5.69 Å². The normalized spacial score (nSPS) is 10.9. The van der Waals surface area contributed by atoms with Crippen LogP contribution in [-0.2, 0) is 0 Å². The third-order valence-electron chi connectivity index (χ3n) is 3.10. The summed E-state index contributed by atoms with van der Waals surface area (Å²) in [6, 6.07) is 7.45. The van der Waals surface area contributed by atoms with Crippen molar-refractivity contribution < 1.29 is 13.5 Å². The molecule has 2 aromatic rings. The molecule has 4 heteroatoms. The Morgan fingerprint density at radius 1 is 1.05 bits per heavy atom. The Morgan fingerprint density at radius 3 is 2.15 bits per heavy atom. The van der Waals surface area contributed by atoms with Crippen molar-refractivity contribution in [1.29, 1.82) is 0 Å². The highest BCUT2D eigenvalue weighted by molar-refractivity contribution is 5.46. The zero-order chi connectivity index (χ0) is 14.9. The monoisotopic (exact) mass is 277 g/mol. The van der Waals surface area contributed by atoms with Gasteiger partial charge in [0, 0.05) is 17.8 Å². The van der Waals surface area contributed by atoms with Gasteiger partial charge in [-0.15, -0.1) is 0 Å². The number of hydrogen-bond acceptors (Lipinski definition) is 2. The highest BCUT2D eigenvalue weighted by Gasteiger charge is 2.13. The molecular weight excluding hydrogens is 260 g/mol. The lowest BCUT2D eigenvalue weighted by Gasteiger charge is -2.13. The predicted octanol–water partition coefficient (Wildman–Crippen LogP) is 4.77. The number of anilines is 1. The van der Waals surface area contributed by atoms with Crippen LogP contribution in [0.15, 0.2) is 30.3 Å². The topological polar surface area (TPSA) is 35.2 Å². The van der Waals surface area contributed by atoms with Crippen LogP contribution >= 0.6 is 0 Å². The molecule has 0 saturated heterocycles. The molecule has 0 saturated carbocycles. The number of aryl methyl sites for hydroxylation is 1. The van der Waals surface area contributed by atoms with Gasteiger partial charge in [-0.1, -0.05) is 19.9 Å². The second-order valence-electron chi connectivity index (χ2n) is 5.09. The van der Waals surface area contributed by atoms with Gasteiger partial charge in [0.05, 0.1) is 0 Å². The van der Waals surface area contributed by atoms with Crippen LogP contribution in [0.1, 0.15) is 30.9 Å². The van der Waals surface area contributed by atoms with Gasteiger partial charge in [-0.05, 0) is 36.1 Å². The minimum Gasteiger partial charge on any atom is -0.451 e. The highest BCUT2D eigenvalue weighted by atomic mass is 19.1. The molecule has 2 aromatic carbocycles. The van der Waals surface area contributed by atoms with Gasteiger partial charge in [0.15, 0.2) is 17.4 Å². The number of nitrogens with two attached hydrogens (primary N) is 1. The molecule has 2 rings (SSSR count). The number of halogens is 2. The van der Waals surface area contributed by atoms with Gasteiger partial charge in [-0.2, -0.15) is 0 Å². The van der Waals surface area contributed by atoms with E-state index < -0.39 is 17.4 Å². The van der Waals surface area contributed by atoms with Crippen molar-refractivity contribution in [2.45, 2.75) is 26.7 Å². The van der Waals surface area contributed by atoms with Crippen LogP contribution in [0.25, 0.3) is 0 Å². The Balaban J connectivity index is 2.34. The van der Waals surface area contributed by atoms with E-state index in [9.17, 15) is 8.78 Å². The summed E-state index contributed by atoms with van der Waals surface area (Å²) in [5, 5.41) is 0. The van der Waals surface area contributed by atoms with Crippen molar-refractivity contribution in [2.24, 2.45) is 0 Å². The van der Waals surface area contributed by atoms with Crippen molar-refractivity contribution in [2.75, 3.05) is 5.73 Å². The standard InChI is InChI=1S/C16H17F2NO/c1-9(2)13-5-4-12(6-10(13)3)20-16-14(17)7-11(19)8-15(16)18/h4-9H,19H2,1-3H3. The quantitative estimate of drug-likeness (QED) is 0.820. The summed E-state index contributed by atoms with van der Waals surface area (Å²) < 4.78 is 32.6. The van der Waals surface area contributed by atoms with E-state index in [-0.39, 0.29) is 5.69 Å². The summed E-state index contributed by atoms with van der Waals surface area (Å²) in [6.07, 6.45) is 0. The lowest BCUT2D eigenvalue weighted by molar-refractivity contribution is 0.407. The first-order valence-corrected chi connectivity index (χ1v) is 6.41. The van der Waals surface area contributed by atoms with Crippen LogP contribution in [0, 0.1) is 18.6 Å². The third kappa shape index (κ3) is 2.90. The zero-order valence-corrected chi connectivity index (χ0v) is 11.7. The van der Waals surface area contributed by atoms with Gasteiger partial charge >= 0.3 is 0 Å². The molecule has 0 radical (unpaired) electrons. The lowest BCUT2D eigenvalue weighted by Crippen LogP contribution is -1.97. The Hall–Kier alpha value is -2.10. The Kier molecular flexibility index (Phi) is 3.93. The van der Waals surface area contributed by atoms with Crippen molar-refractivity contribution in [1.82, 2.24) is 0 Å². The number of rotatable bonds is 3. The molecule has 0 aliphatic rings. The van der Waals surface area contributed by atoms with E-state index in [0.717, 1.165) is 17.7 Å². The molecule has 0 unspecified atom stereocenters. The maximum Gasteiger partial charge on any atom is 0.198 e. The van der Waals surface area contributed by atoms with Crippen LogP contribution in [-0.4, -0.2) is 0 Å². The predicted molar refractivity (Wildman–Crippen MR) is 76.1 cm³/mol. The van der Waals surface area contributed by atoms with Gasteiger partial charge in [0.2, 0.25) is 0 Å². The van der Waals surface area contributed by atoms with Crippen LogP contribution < -0.4 is 10.5 Å². The second-order valence-corrected chi connectivity index (χ2v) is 5.09. The SMILES string of the molecule is Cc1cc(Oc2c(F)cc(N)cc2F)ccc1C(C)C. The Bertz CT molecular complexity index is 615. The molecule has 20 heavy (non-hydrogen) atoms. The van der Waals surface area contributed by atoms with E-state index in [4.69, 9.17) is 10.5 Å². The Morgan fingerprint density at radius 2 is 1.65 bits per heavy atom. The molecule has 0 aliphatic carbocycles. The minimum atomic E-state index is -0.812. The molecular formula is C16H17F2NO. The number of nitrogen functional groups attached to an aromatic ring is 1. The van der Waals surface area contributed by atoms with E-state index in [1.54, 1.807) is 12.1 Å². The van der Waals surface area contributed by atoms with E-state index >= 15 is 0 Å². The van der Waals surface area contributed by atoms with E-state index in [2.05, 4.69) is 13.8 Å². The molecule has 0 atom stereocenters. The number of ether oxygens (including phenoxy) is 1. The molecule has 0 aromatic heterocycles. The van der Waals surface area contributed by atoms with E-state index in [0.29, 0.717) is 11.7 Å². The molecule has 0 heterocycles. The molecule has 106 valence electrons. The minimum absolute atomic E-state index is 0.0266. The average molecular weight is 277 g/mol. The molecule has 0 amide bonds. The fourth-order valence-corrected chi connectivity index (χ4v) is 2.15. The molecule has 2 N–H and O–H groups in total. The summed E-state index contributed by atoms with van der Waals surface area (Å²) in [5.74, 6) is -1.28. The van der Waals surface area contributed by atoms with Crippen LogP contribution in [0.2, 0.25) is 0 Å². The summed E-state index contributed by atoms with van der Waals surface area (Å²) in [6.45, 7) is 6.11. The van der Waals surface area contributed by atoms with Gasteiger partial charge < -0.3 is 10.5 Å². The van der Waals surface area contributed by atoms with E-state index in [1.165, 1.54) is 5.56 Å². The molecule has 0 aliphatic heterocycles. The first kappa shape index (κ1) is 14.3. The largest absolute Gasteiger partial charge is 0.451 e. The summed E-state index contributed by atoms with van der Waals surface area (Å²) in [4.78, 5) is 0. The Labute approximate surface area is 117 Å². The molecule has 2 nitrogen and oxygen atoms in total. The van der Waals surface area contributed by atoms with Crippen LogP contribution in [0.3, 0.4) is 0 Å². The van der Waals surface area contributed by atoms with Gasteiger partial charge in [-0.25, -0.2) is 8.78 Å². The average Bonchev–Trinajstić information content (AvgIpc) is 2.33. The van der Waals surface area contributed by atoms with Gasteiger partial charge in [0.1, 0.15) is 5.75 Å². The summed E-state index contributed by atoms with van der Waals surface area (Å²) >= 11 is 0. The fourth-order valence-electron chi connectivity index (χ4n) is 2.15. The third-order valence-corrected chi connectivity index (χ3v) is 3.10. The second kappa shape index (κ2) is 5.49. The number of benzene rings is 2. The van der Waals surface area contributed by atoms with Crippen molar-refractivity contribution in [3.63, 3.8) is 0 Å². The fraction of sp³-hybridized carbons (Fsp3) is 0.250. The highest BCUT2D eigenvalue weighted by Crippen LogP contribution is 2.31. The van der Waals surface area contributed by atoms with Crippen molar-refractivity contribution in [3.8, 4) is 11.5 Å². The van der Waals surface area contributed by atoms with Crippen LogP contribution in [0.4, 0.5) is 14.5 Å². The first-order valence-electron chi connectivity index (χ1n) is 6.41. The first-order chi connectivity index (χ1) is 9.38. The lowest BCUT2D eigenvalue weighted by atomic mass is 9.98. The summed E-state index contributed by atoms with van der Waals surface area (Å²) in [5.41, 5.74) is 7.59. The number of hydrogen-bond donors (Lipinski definition) is 1. The maximum absolute atomic E-state index is 13.7. The zero-order valence-electron chi connectivity index (χ0n) is 11.7.